The van der Waals surface area contributed by atoms with Crippen molar-refractivity contribution in [3.8, 4) is 0 Å². The van der Waals surface area contributed by atoms with Gasteiger partial charge in [-0.1, -0.05) is 13.8 Å². The van der Waals surface area contributed by atoms with Gasteiger partial charge >= 0.3 is 0 Å². The summed E-state index contributed by atoms with van der Waals surface area (Å²) in [6.07, 6.45) is 0. The van der Waals surface area contributed by atoms with E-state index in [9.17, 15) is 4.79 Å². The van der Waals surface area contributed by atoms with Crippen molar-refractivity contribution in [2.75, 3.05) is 12.3 Å². The largest absolute Gasteiger partial charge is 0.395 e. The molecule has 6 nitrogen and oxygen atoms in total. The number of carbonyl (C=O) groups is 1. The Bertz CT molecular complexity index is 373. The number of aromatic nitrogens is 2. The van der Waals surface area contributed by atoms with Crippen LogP contribution in [0.3, 0.4) is 0 Å². The van der Waals surface area contributed by atoms with Crippen LogP contribution in [0.15, 0.2) is 0 Å². The van der Waals surface area contributed by atoms with Crippen LogP contribution in [0.5, 0.6) is 0 Å². The number of nitrogen functional groups attached to an aromatic ring is 1. The Kier molecular flexibility index (Phi) is 3.89. The van der Waals surface area contributed by atoms with E-state index >= 15 is 0 Å². The minimum atomic E-state index is -0.366. The SMILES string of the molecule is Cc1[nH]nc(C(=O)N[C@H](CO)C(C)C)c1N. The topological polar surface area (TPSA) is 104 Å². The summed E-state index contributed by atoms with van der Waals surface area (Å²) in [7, 11) is 0. The Labute approximate surface area is 94.2 Å². The summed E-state index contributed by atoms with van der Waals surface area (Å²) in [4.78, 5) is 11.8. The minimum absolute atomic E-state index is 0.104. The molecule has 0 spiro atoms. The third-order valence-corrected chi connectivity index (χ3v) is 2.53. The normalized spacial score (nSPS) is 12.8. The third-order valence-electron chi connectivity index (χ3n) is 2.53. The molecule has 0 radical (unpaired) electrons. The van der Waals surface area contributed by atoms with Crippen LogP contribution in [0.1, 0.15) is 30.0 Å². The van der Waals surface area contributed by atoms with Crippen molar-refractivity contribution in [3.63, 3.8) is 0 Å². The highest BCUT2D eigenvalue weighted by molar-refractivity contribution is 5.97. The van der Waals surface area contributed by atoms with Crippen LogP contribution in [0.4, 0.5) is 5.69 Å². The van der Waals surface area contributed by atoms with Crippen molar-refractivity contribution in [2.45, 2.75) is 26.8 Å². The fourth-order valence-corrected chi connectivity index (χ4v) is 1.27. The van der Waals surface area contributed by atoms with E-state index in [0.29, 0.717) is 11.4 Å². The fraction of sp³-hybridized carbons (Fsp3) is 0.600. The molecule has 1 rings (SSSR count). The van der Waals surface area contributed by atoms with E-state index in [1.54, 1.807) is 6.92 Å². The van der Waals surface area contributed by atoms with E-state index in [0.717, 1.165) is 0 Å². The fourth-order valence-electron chi connectivity index (χ4n) is 1.27. The van der Waals surface area contributed by atoms with Crippen LogP contribution < -0.4 is 11.1 Å². The average molecular weight is 226 g/mol. The number of rotatable bonds is 4. The van der Waals surface area contributed by atoms with Crippen LogP contribution in [-0.4, -0.2) is 33.9 Å². The van der Waals surface area contributed by atoms with E-state index in [1.165, 1.54) is 0 Å². The quantitative estimate of drug-likeness (QED) is 0.582. The number of carbonyl (C=O) groups excluding carboxylic acids is 1. The summed E-state index contributed by atoms with van der Waals surface area (Å²) >= 11 is 0. The maximum atomic E-state index is 11.8. The predicted octanol–water partition coefficient (Wildman–Crippen LogP) is 0.0470. The molecule has 0 fully saturated rings. The van der Waals surface area contributed by atoms with Crippen LogP contribution in [0, 0.1) is 12.8 Å². The van der Waals surface area contributed by atoms with Gasteiger partial charge in [-0.2, -0.15) is 5.10 Å². The molecule has 16 heavy (non-hydrogen) atoms. The van der Waals surface area contributed by atoms with Gasteiger partial charge in [0.2, 0.25) is 0 Å². The number of H-pyrrole nitrogens is 1. The molecule has 0 bridgehead atoms. The number of nitrogens with zero attached hydrogens (tertiary/aromatic N) is 1. The maximum absolute atomic E-state index is 11.8. The molecule has 0 unspecified atom stereocenters. The van der Waals surface area contributed by atoms with Gasteiger partial charge in [-0.25, -0.2) is 0 Å². The van der Waals surface area contributed by atoms with Crippen molar-refractivity contribution in [1.29, 1.82) is 0 Å². The molecule has 0 aliphatic heterocycles. The zero-order valence-electron chi connectivity index (χ0n) is 9.74. The van der Waals surface area contributed by atoms with Crippen molar-refractivity contribution >= 4 is 11.6 Å². The van der Waals surface area contributed by atoms with Gasteiger partial charge in [-0.05, 0) is 12.8 Å². The van der Waals surface area contributed by atoms with Gasteiger partial charge in [-0.3, -0.25) is 9.89 Å². The van der Waals surface area contributed by atoms with Gasteiger partial charge in [0, 0.05) is 0 Å². The van der Waals surface area contributed by atoms with Gasteiger partial charge in [0.1, 0.15) is 0 Å². The Hall–Kier alpha value is -1.56. The maximum Gasteiger partial charge on any atom is 0.274 e. The summed E-state index contributed by atoms with van der Waals surface area (Å²) in [5.74, 6) is -0.218. The lowest BCUT2D eigenvalue weighted by Crippen LogP contribution is -2.41. The summed E-state index contributed by atoms with van der Waals surface area (Å²) in [5, 5.41) is 18.2. The molecule has 1 amide bonds. The highest BCUT2D eigenvalue weighted by Crippen LogP contribution is 2.12. The zero-order valence-corrected chi connectivity index (χ0v) is 9.74. The van der Waals surface area contributed by atoms with Crippen molar-refractivity contribution in [2.24, 2.45) is 5.92 Å². The number of hydrogen-bond acceptors (Lipinski definition) is 4. The molecule has 0 aliphatic carbocycles. The molecule has 1 heterocycles. The number of aliphatic hydroxyl groups is 1. The lowest BCUT2D eigenvalue weighted by Gasteiger charge is -2.19. The molecular weight excluding hydrogens is 208 g/mol. The first-order valence-corrected chi connectivity index (χ1v) is 5.19. The first-order valence-electron chi connectivity index (χ1n) is 5.19. The number of nitrogens with one attached hydrogen (secondary N) is 2. The monoisotopic (exact) mass is 226 g/mol. The predicted molar refractivity (Wildman–Crippen MR) is 60.9 cm³/mol. The van der Waals surface area contributed by atoms with E-state index in [1.807, 2.05) is 13.8 Å². The van der Waals surface area contributed by atoms with Gasteiger partial charge in [-0.15, -0.1) is 0 Å². The molecule has 1 atom stereocenters. The first-order chi connectivity index (χ1) is 7.47. The van der Waals surface area contributed by atoms with Crippen LogP contribution in [-0.2, 0) is 0 Å². The van der Waals surface area contributed by atoms with Gasteiger partial charge < -0.3 is 16.2 Å². The van der Waals surface area contributed by atoms with Crippen LogP contribution >= 0.6 is 0 Å². The molecule has 0 saturated carbocycles. The highest BCUT2D eigenvalue weighted by Gasteiger charge is 2.20. The summed E-state index contributed by atoms with van der Waals surface area (Å²) in [5.41, 5.74) is 6.86. The van der Waals surface area contributed by atoms with Crippen LogP contribution in [0.2, 0.25) is 0 Å². The number of aryl methyl sites for hydroxylation is 1. The number of nitrogens with two attached hydrogens (primary N) is 1. The van der Waals surface area contributed by atoms with E-state index in [2.05, 4.69) is 15.5 Å². The smallest absolute Gasteiger partial charge is 0.274 e. The number of anilines is 1. The second-order valence-corrected chi connectivity index (χ2v) is 4.12. The van der Waals surface area contributed by atoms with Gasteiger partial charge in [0.15, 0.2) is 5.69 Å². The van der Waals surface area contributed by atoms with Gasteiger partial charge in [0.25, 0.3) is 5.91 Å². The lowest BCUT2D eigenvalue weighted by molar-refractivity contribution is 0.0892. The second-order valence-electron chi connectivity index (χ2n) is 4.12. The Morgan fingerprint density at radius 3 is 2.62 bits per heavy atom. The summed E-state index contributed by atoms with van der Waals surface area (Å²) in [6.45, 7) is 5.47. The lowest BCUT2D eigenvalue weighted by atomic mass is 10.1. The Morgan fingerprint density at radius 2 is 2.25 bits per heavy atom. The number of aliphatic hydroxyl groups excluding tert-OH is 1. The summed E-state index contributed by atoms with van der Waals surface area (Å²) < 4.78 is 0. The van der Waals surface area contributed by atoms with Crippen molar-refractivity contribution in [3.05, 3.63) is 11.4 Å². The van der Waals surface area contributed by atoms with E-state index in [4.69, 9.17) is 10.8 Å². The van der Waals surface area contributed by atoms with E-state index in [-0.39, 0.29) is 30.2 Å². The first kappa shape index (κ1) is 12.5. The molecule has 0 aliphatic rings. The number of aromatic amines is 1. The third kappa shape index (κ3) is 2.52. The average Bonchev–Trinajstić information content (AvgIpc) is 2.55. The number of hydrogen-bond donors (Lipinski definition) is 4. The zero-order chi connectivity index (χ0) is 12.3. The molecule has 1 aromatic rings. The molecule has 0 saturated heterocycles. The molecule has 0 aromatic carbocycles. The second kappa shape index (κ2) is 4.98. The molecule has 5 N–H and O–H groups in total. The van der Waals surface area contributed by atoms with Gasteiger partial charge in [0.05, 0.1) is 24.0 Å². The Morgan fingerprint density at radius 1 is 1.62 bits per heavy atom. The highest BCUT2D eigenvalue weighted by atomic mass is 16.3. The molecular formula is C10H18N4O2. The van der Waals surface area contributed by atoms with E-state index < -0.39 is 0 Å². The van der Waals surface area contributed by atoms with Crippen LogP contribution in [0.25, 0.3) is 0 Å². The molecule has 1 aromatic heterocycles. The Balaban J connectivity index is 2.76. The standard InChI is InChI=1S/C10H18N4O2/c1-5(2)7(4-15)12-10(16)9-8(11)6(3)13-14-9/h5,7,15H,4,11H2,1-3H3,(H,12,16)(H,13,14)/t7-/m1/s1. The van der Waals surface area contributed by atoms with Crippen molar-refractivity contribution in [1.82, 2.24) is 15.5 Å². The molecule has 90 valence electrons. The number of amides is 1. The minimum Gasteiger partial charge on any atom is -0.395 e. The summed E-state index contributed by atoms with van der Waals surface area (Å²) in [6, 6.07) is -0.288. The molecule has 6 heteroatoms. The van der Waals surface area contributed by atoms with Crippen molar-refractivity contribution < 1.29 is 9.90 Å².